The second-order valence-corrected chi connectivity index (χ2v) is 5.49. The molecule has 1 saturated heterocycles. The third kappa shape index (κ3) is 5.33. The number of hydrogen-bond acceptors (Lipinski definition) is 4. The summed E-state index contributed by atoms with van der Waals surface area (Å²) in [5.41, 5.74) is 5.83. The van der Waals surface area contributed by atoms with Crippen LogP contribution in [0.3, 0.4) is 0 Å². The fourth-order valence-corrected chi connectivity index (χ4v) is 2.15. The molecular formula is C13H26N2O3. The molecule has 1 heterocycles. The van der Waals surface area contributed by atoms with E-state index in [1.807, 2.05) is 13.8 Å². The third-order valence-electron chi connectivity index (χ3n) is 3.20. The first-order chi connectivity index (χ1) is 8.50. The van der Waals surface area contributed by atoms with Crippen LogP contribution in [0.15, 0.2) is 0 Å². The van der Waals surface area contributed by atoms with Crippen LogP contribution >= 0.6 is 0 Å². The number of carbonyl (C=O) groups is 1. The van der Waals surface area contributed by atoms with Crippen molar-refractivity contribution in [2.75, 3.05) is 13.2 Å². The van der Waals surface area contributed by atoms with Crippen LogP contribution in [0.2, 0.25) is 0 Å². The SMILES string of the molecule is CC(C)C[C@H](N)C(=O)N[C@H]1CCCCOCC1O. The van der Waals surface area contributed by atoms with Gasteiger partial charge < -0.3 is 20.9 Å². The lowest BCUT2D eigenvalue weighted by atomic mass is 10.0. The molecule has 0 aromatic carbocycles. The van der Waals surface area contributed by atoms with E-state index in [1.54, 1.807) is 0 Å². The first-order valence-corrected chi connectivity index (χ1v) is 6.82. The van der Waals surface area contributed by atoms with Gasteiger partial charge in [0.15, 0.2) is 0 Å². The van der Waals surface area contributed by atoms with Crippen LogP contribution in [0.4, 0.5) is 0 Å². The number of rotatable bonds is 4. The third-order valence-corrected chi connectivity index (χ3v) is 3.20. The molecule has 1 amide bonds. The maximum atomic E-state index is 11.9. The molecule has 1 rings (SSSR count). The molecule has 5 heteroatoms. The Hall–Kier alpha value is -0.650. The van der Waals surface area contributed by atoms with E-state index in [0.717, 1.165) is 19.3 Å². The minimum atomic E-state index is -0.638. The van der Waals surface area contributed by atoms with Crippen molar-refractivity contribution in [1.82, 2.24) is 5.32 Å². The molecule has 5 nitrogen and oxygen atoms in total. The Morgan fingerprint density at radius 1 is 1.50 bits per heavy atom. The molecule has 0 aromatic rings. The Morgan fingerprint density at radius 3 is 2.89 bits per heavy atom. The van der Waals surface area contributed by atoms with Gasteiger partial charge in [0.25, 0.3) is 0 Å². The minimum absolute atomic E-state index is 0.173. The molecule has 106 valence electrons. The summed E-state index contributed by atoms with van der Waals surface area (Å²) in [4.78, 5) is 11.9. The van der Waals surface area contributed by atoms with E-state index >= 15 is 0 Å². The van der Waals surface area contributed by atoms with E-state index in [9.17, 15) is 9.90 Å². The van der Waals surface area contributed by atoms with Crippen molar-refractivity contribution in [3.05, 3.63) is 0 Å². The molecule has 0 spiro atoms. The number of carbonyl (C=O) groups excluding carboxylic acids is 1. The van der Waals surface area contributed by atoms with Gasteiger partial charge >= 0.3 is 0 Å². The fourth-order valence-electron chi connectivity index (χ4n) is 2.15. The Kier molecular flexibility index (Phi) is 6.60. The van der Waals surface area contributed by atoms with Crippen LogP contribution in [-0.4, -0.2) is 42.4 Å². The van der Waals surface area contributed by atoms with Crippen molar-refractivity contribution >= 4 is 5.91 Å². The first-order valence-electron chi connectivity index (χ1n) is 6.82. The Morgan fingerprint density at radius 2 is 2.22 bits per heavy atom. The van der Waals surface area contributed by atoms with E-state index in [4.69, 9.17) is 10.5 Å². The molecule has 0 aromatic heterocycles. The van der Waals surface area contributed by atoms with E-state index in [-0.39, 0.29) is 18.6 Å². The van der Waals surface area contributed by atoms with E-state index < -0.39 is 12.1 Å². The van der Waals surface area contributed by atoms with Gasteiger partial charge in [-0.2, -0.15) is 0 Å². The number of aliphatic hydroxyl groups is 1. The largest absolute Gasteiger partial charge is 0.389 e. The minimum Gasteiger partial charge on any atom is -0.389 e. The van der Waals surface area contributed by atoms with E-state index in [2.05, 4.69) is 5.32 Å². The van der Waals surface area contributed by atoms with Gasteiger partial charge in [0.1, 0.15) is 0 Å². The molecule has 1 aliphatic heterocycles. The van der Waals surface area contributed by atoms with Crippen LogP contribution in [0.5, 0.6) is 0 Å². The summed E-state index contributed by atoms with van der Waals surface area (Å²) in [6.45, 7) is 5.03. The van der Waals surface area contributed by atoms with Crippen molar-refractivity contribution in [3.8, 4) is 0 Å². The van der Waals surface area contributed by atoms with E-state index in [0.29, 0.717) is 18.9 Å². The lowest BCUT2D eigenvalue weighted by molar-refractivity contribution is -0.125. The van der Waals surface area contributed by atoms with Gasteiger partial charge in [-0.3, -0.25) is 4.79 Å². The Bertz CT molecular complexity index is 259. The van der Waals surface area contributed by atoms with Gasteiger partial charge in [-0.05, 0) is 31.6 Å². The average Bonchev–Trinajstić information content (AvgIpc) is 2.27. The summed E-state index contributed by atoms with van der Waals surface area (Å²) >= 11 is 0. The topological polar surface area (TPSA) is 84.6 Å². The van der Waals surface area contributed by atoms with Crippen molar-refractivity contribution in [2.45, 2.75) is 57.7 Å². The molecule has 0 bridgehead atoms. The summed E-state index contributed by atoms with van der Waals surface area (Å²) in [5, 5.41) is 12.8. The molecule has 1 fully saturated rings. The highest BCUT2D eigenvalue weighted by molar-refractivity contribution is 5.81. The highest BCUT2D eigenvalue weighted by atomic mass is 16.5. The van der Waals surface area contributed by atoms with Crippen molar-refractivity contribution < 1.29 is 14.6 Å². The van der Waals surface area contributed by atoms with Gasteiger partial charge in [0.05, 0.1) is 24.8 Å². The molecule has 4 N–H and O–H groups in total. The summed E-state index contributed by atoms with van der Waals surface area (Å²) in [6, 6.07) is -0.737. The summed E-state index contributed by atoms with van der Waals surface area (Å²) in [7, 11) is 0. The number of nitrogens with two attached hydrogens (primary N) is 1. The van der Waals surface area contributed by atoms with Gasteiger partial charge in [0, 0.05) is 6.61 Å². The van der Waals surface area contributed by atoms with E-state index in [1.165, 1.54) is 0 Å². The maximum absolute atomic E-state index is 11.9. The standard InChI is InChI=1S/C13H26N2O3/c1-9(2)7-10(14)13(17)15-11-5-3-4-6-18-8-12(11)16/h9-12,16H,3-8,14H2,1-2H3,(H,15,17)/t10-,11-,12?/m0/s1. The number of hydrogen-bond donors (Lipinski definition) is 3. The number of ether oxygens (including phenoxy) is 1. The van der Waals surface area contributed by atoms with Crippen LogP contribution in [-0.2, 0) is 9.53 Å². The molecular weight excluding hydrogens is 232 g/mol. The summed E-state index contributed by atoms with van der Waals surface area (Å²) < 4.78 is 5.29. The Labute approximate surface area is 109 Å². The smallest absolute Gasteiger partial charge is 0.237 e. The predicted molar refractivity (Wildman–Crippen MR) is 70.0 cm³/mol. The van der Waals surface area contributed by atoms with Crippen LogP contribution in [0.1, 0.15) is 39.5 Å². The zero-order valence-corrected chi connectivity index (χ0v) is 11.4. The number of amides is 1. The molecule has 0 saturated carbocycles. The fraction of sp³-hybridized carbons (Fsp3) is 0.923. The molecule has 1 unspecified atom stereocenters. The van der Waals surface area contributed by atoms with Crippen LogP contribution in [0, 0.1) is 5.92 Å². The summed E-state index contributed by atoms with van der Waals surface area (Å²) in [6.07, 6.45) is 2.72. The van der Waals surface area contributed by atoms with Crippen molar-refractivity contribution in [1.29, 1.82) is 0 Å². The van der Waals surface area contributed by atoms with Crippen LogP contribution in [0.25, 0.3) is 0 Å². The lowest BCUT2D eigenvalue weighted by Gasteiger charge is -2.27. The van der Waals surface area contributed by atoms with Gasteiger partial charge in [-0.15, -0.1) is 0 Å². The zero-order valence-electron chi connectivity index (χ0n) is 11.4. The second kappa shape index (κ2) is 7.71. The normalized spacial score (nSPS) is 27.4. The quantitative estimate of drug-likeness (QED) is 0.681. The van der Waals surface area contributed by atoms with Gasteiger partial charge in [-0.25, -0.2) is 0 Å². The van der Waals surface area contributed by atoms with Crippen LogP contribution < -0.4 is 11.1 Å². The molecule has 0 radical (unpaired) electrons. The summed E-state index contributed by atoms with van der Waals surface area (Å²) in [5.74, 6) is 0.213. The molecule has 0 aliphatic carbocycles. The zero-order chi connectivity index (χ0) is 13.5. The Balaban J connectivity index is 2.44. The number of nitrogens with one attached hydrogen (secondary N) is 1. The lowest BCUT2D eigenvalue weighted by Crippen LogP contribution is -2.51. The maximum Gasteiger partial charge on any atom is 0.237 e. The highest BCUT2D eigenvalue weighted by Crippen LogP contribution is 2.11. The predicted octanol–water partition coefficient (Wildman–Crippen LogP) is 0.406. The number of aliphatic hydroxyl groups excluding tert-OH is 1. The highest BCUT2D eigenvalue weighted by Gasteiger charge is 2.25. The van der Waals surface area contributed by atoms with Gasteiger partial charge in [0.2, 0.25) is 5.91 Å². The first kappa shape index (κ1) is 15.4. The van der Waals surface area contributed by atoms with Crippen molar-refractivity contribution in [2.24, 2.45) is 11.7 Å². The second-order valence-electron chi connectivity index (χ2n) is 5.49. The van der Waals surface area contributed by atoms with Gasteiger partial charge in [-0.1, -0.05) is 13.8 Å². The molecule has 3 atom stereocenters. The molecule has 18 heavy (non-hydrogen) atoms. The molecule has 1 aliphatic rings. The monoisotopic (exact) mass is 258 g/mol. The van der Waals surface area contributed by atoms with Crippen molar-refractivity contribution in [3.63, 3.8) is 0 Å². The average molecular weight is 258 g/mol.